The molecule has 0 spiro atoms. The number of nitrogens with zero attached hydrogens (tertiary/aromatic N) is 3. The van der Waals surface area contributed by atoms with E-state index in [1.165, 1.54) is 5.56 Å². The van der Waals surface area contributed by atoms with Crippen LogP contribution in [0.4, 0.5) is 0 Å². The van der Waals surface area contributed by atoms with Crippen LogP contribution in [-0.4, -0.2) is 20.8 Å². The molecule has 27 heavy (non-hydrogen) atoms. The van der Waals surface area contributed by atoms with Crippen LogP contribution in [-0.2, 0) is 19.7 Å². The van der Waals surface area contributed by atoms with Crippen molar-refractivity contribution in [2.45, 2.75) is 47.4 Å². The number of aromatic nitrogens is 3. The van der Waals surface area contributed by atoms with Gasteiger partial charge in [0.1, 0.15) is 18.1 Å². The predicted molar refractivity (Wildman–Crippen MR) is 101 cm³/mol. The third kappa shape index (κ3) is 4.36. The van der Waals surface area contributed by atoms with E-state index in [9.17, 15) is 4.79 Å². The Morgan fingerprint density at radius 2 is 2.07 bits per heavy atom. The summed E-state index contributed by atoms with van der Waals surface area (Å²) in [5, 5.41) is 11.1. The quantitative estimate of drug-likeness (QED) is 0.692. The number of aryl methyl sites for hydroxylation is 4. The number of hydrogen-bond acceptors (Lipinski definition) is 5. The molecule has 3 rings (SSSR count). The molecule has 1 N–H and O–H groups in total. The highest BCUT2D eigenvalue weighted by molar-refractivity contribution is 5.93. The summed E-state index contributed by atoms with van der Waals surface area (Å²) in [5.41, 5.74) is 3.89. The van der Waals surface area contributed by atoms with Gasteiger partial charge >= 0.3 is 0 Å². The van der Waals surface area contributed by atoms with Crippen molar-refractivity contribution >= 4 is 5.91 Å². The van der Waals surface area contributed by atoms with E-state index in [-0.39, 0.29) is 18.2 Å². The second kappa shape index (κ2) is 8.07. The van der Waals surface area contributed by atoms with Crippen molar-refractivity contribution in [3.05, 3.63) is 64.3 Å². The van der Waals surface area contributed by atoms with Gasteiger partial charge in [-0.25, -0.2) is 0 Å². The van der Waals surface area contributed by atoms with Gasteiger partial charge in [-0.1, -0.05) is 22.9 Å². The normalized spacial score (nSPS) is 10.8. The lowest BCUT2D eigenvalue weighted by atomic mass is 10.1. The molecule has 0 aliphatic rings. The first-order valence-electron chi connectivity index (χ1n) is 8.93. The smallest absolute Gasteiger partial charge is 0.274 e. The van der Waals surface area contributed by atoms with Gasteiger partial charge in [-0.15, -0.1) is 0 Å². The third-order valence-electron chi connectivity index (χ3n) is 4.35. The first-order chi connectivity index (χ1) is 13.0. The summed E-state index contributed by atoms with van der Waals surface area (Å²) in [5.74, 6) is 1.04. The van der Waals surface area contributed by atoms with Gasteiger partial charge in [-0.05, 0) is 45.4 Å². The van der Waals surface area contributed by atoms with E-state index in [0.717, 1.165) is 23.6 Å². The highest BCUT2D eigenvalue weighted by Crippen LogP contribution is 2.22. The molecule has 2 heterocycles. The van der Waals surface area contributed by atoms with E-state index < -0.39 is 0 Å². The lowest BCUT2D eigenvalue weighted by molar-refractivity contribution is 0.0939. The van der Waals surface area contributed by atoms with Crippen molar-refractivity contribution in [2.24, 2.45) is 0 Å². The molecular weight excluding hydrogens is 344 g/mol. The lowest BCUT2D eigenvalue weighted by Crippen LogP contribution is -2.25. The molecule has 0 unspecified atom stereocenters. The average molecular weight is 368 g/mol. The number of carbonyl (C=O) groups is 1. The summed E-state index contributed by atoms with van der Waals surface area (Å²) in [4.78, 5) is 12.5. The van der Waals surface area contributed by atoms with E-state index in [4.69, 9.17) is 9.26 Å². The predicted octanol–water partition coefficient (Wildman–Crippen LogP) is 3.33. The van der Waals surface area contributed by atoms with Crippen molar-refractivity contribution < 1.29 is 14.1 Å². The van der Waals surface area contributed by atoms with Crippen LogP contribution in [0, 0.1) is 20.8 Å². The van der Waals surface area contributed by atoms with Crippen molar-refractivity contribution in [3.8, 4) is 5.75 Å². The second-order valence-corrected chi connectivity index (χ2v) is 6.47. The Labute approximate surface area is 158 Å². The molecular formula is C20H24N4O3. The van der Waals surface area contributed by atoms with Crippen LogP contribution in [0.2, 0.25) is 0 Å². The van der Waals surface area contributed by atoms with Gasteiger partial charge in [-0.2, -0.15) is 5.10 Å². The number of ether oxygens (including phenoxy) is 1. The average Bonchev–Trinajstić information content (AvgIpc) is 3.25. The molecule has 2 aromatic heterocycles. The molecule has 0 radical (unpaired) electrons. The standard InChI is InChI=1S/C20H24N4O3/c1-5-24-9-8-16(22-24)11-21-20(25)19-17(15(4)27-23-19)12-26-18-7-6-13(2)10-14(18)3/h6-10H,5,11-12H2,1-4H3,(H,21,25). The summed E-state index contributed by atoms with van der Waals surface area (Å²) in [7, 11) is 0. The van der Waals surface area contributed by atoms with Crippen LogP contribution in [0.5, 0.6) is 5.75 Å². The van der Waals surface area contributed by atoms with Crippen LogP contribution < -0.4 is 10.1 Å². The number of rotatable bonds is 7. The minimum Gasteiger partial charge on any atom is -0.488 e. The molecule has 0 fully saturated rings. The SMILES string of the molecule is CCn1ccc(CNC(=O)c2noc(C)c2COc2ccc(C)cc2C)n1. The summed E-state index contributed by atoms with van der Waals surface area (Å²) in [6.45, 7) is 9.14. The fourth-order valence-corrected chi connectivity index (χ4v) is 2.78. The van der Waals surface area contributed by atoms with Crippen molar-refractivity contribution in [3.63, 3.8) is 0 Å². The van der Waals surface area contributed by atoms with Crippen LogP contribution in [0.15, 0.2) is 35.0 Å². The van der Waals surface area contributed by atoms with Crippen molar-refractivity contribution in [1.29, 1.82) is 0 Å². The zero-order valence-corrected chi connectivity index (χ0v) is 16.1. The van der Waals surface area contributed by atoms with Gasteiger partial charge in [0.2, 0.25) is 0 Å². The van der Waals surface area contributed by atoms with Gasteiger partial charge in [-0.3, -0.25) is 9.48 Å². The highest BCUT2D eigenvalue weighted by Gasteiger charge is 2.20. The van der Waals surface area contributed by atoms with Crippen LogP contribution in [0.1, 0.15) is 45.6 Å². The Bertz CT molecular complexity index is 943. The van der Waals surface area contributed by atoms with Crippen LogP contribution in [0.3, 0.4) is 0 Å². The Kier molecular flexibility index (Phi) is 5.59. The van der Waals surface area contributed by atoms with Crippen LogP contribution >= 0.6 is 0 Å². The van der Waals surface area contributed by atoms with Gasteiger partial charge in [0.05, 0.1) is 17.8 Å². The van der Waals surface area contributed by atoms with Crippen LogP contribution in [0.25, 0.3) is 0 Å². The number of nitrogens with one attached hydrogen (secondary N) is 1. The molecule has 7 nitrogen and oxygen atoms in total. The maximum Gasteiger partial charge on any atom is 0.274 e. The van der Waals surface area contributed by atoms with E-state index in [1.54, 1.807) is 6.92 Å². The van der Waals surface area contributed by atoms with Gasteiger partial charge in [0.15, 0.2) is 5.69 Å². The molecule has 1 amide bonds. The van der Waals surface area contributed by atoms with E-state index in [2.05, 4.69) is 21.6 Å². The Balaban J connectivity index is 1.67. The van der Waals surface area contributed by atoms with Gasteiger partial charge in [0, 0.05) is 12.7 Å². The maximum absolute atomic E-state index is 12.5. The minimum absolute atomic E-state index is 0.215. The molecule has 0 bridgehead atoms. The fourth-order valence-electron chi connectivity index (χ4n) is 2.78. The monoisotopic (exact) mass is 368 g/mol. The first-order valence-corrected chi connectivity index (χ1v) is 8.93. The number of hydrogen-bond donors (Lipinski definition) is 1. The topological polar surface area (TPSA) is 82.2 Å². The van der Waals surface area contributed by atoms with Crippen molar-refractivity contribution in [2.75, 3.05) is 0 Å². The first kappa shape index (κ1) is 18.7. The molecule has 7 heteroatoms. The van der Waals surface area contributed by atoms with Crippen molar-refractivity contribution in [1.82, 2.24) is 20.3 Å². The highest BCUT2D eigenvalue weighted by atomic mass is 16.5. The van der Waals surface area contributed by atoms with Gasteiger partial charge < -0.3 is 14.6 Å². The van der Waals surface area contributed by atoms with E-state index in [1.807, 2.05) is 49.8 Å². The number of amides is 1. The fraction of sp³-hybridized carbons (Fsp3) is 0.350. The summed E-state index contributed by atoms with van der Waals surface area (Å²) >= 11 is 0. The Morgan fingerprint density at radius 3 is 2.78 bits per heavy atom. The molecule has 0 saturated heterocycles. The third-order valence-corrected chi connectivity index (χ3v) is 4.35. The Morgan fingerprint density at radius 1 is 1.26 bits per heavy atom. The summed E-state index contributed by atoms with van der Waals surface area (Å²) < 4.78 is 12.9. The zero-order chi connectivity index (χ0) is 19.4. The molecule has 0 aliphatic heterocycles. The van der Waals surface area contributed by atoms with E-state index in [0.29, 0.717) is 17.9 Å². The summed E-state index contributed by atoms with van der Waals surface area (Å²) in [6.07, 6.45) is 1.88. The Hall–Kier alpha value is -3.09. The van der Waals surface area contributed by atoms with E-state index >= 15 is 0 Å². The molecule has 0 atom stereocenters. The maximum atomic E-state index is 12.5. The lowest BCUT2D eigenvalue weighted by Gasteiger charge is -2.10. The second-order valence-electron chi connectivity index (χ2n) is 6.47. The molecule has 0 aliphatic carbocycles. The number of carbonyl (C=O) groups excluding carboxylic acids is 1. The van der Waals surface area contributed by atoms with Gasteiger partial charge in [0.25, 0.3) is 5.91 Å². The number of benzene rings is 1. The largest absolute Gasteiger partial charge is 0.488 e. The molecule has 0 saturated carbocycles. The molecule has 1 aromatic carbocycles. The minimum atomic E-state index is -0.308. The molecule has 142 valence electrons. The molecule has 3 aromatic rings. The summed E-state index contributed by atoms with van der Waals surface area (Å²) in [6, 6.07) is 7.85. The zero-order valence-electron chi connectivity index (χ0n) is 16.1.